The van der Waals surface area contributed by atoms with Crippen LogP contribution < -0.4 is 10.6 Å². The van der Waals surface area contributed by atoms with Crippen LogP contribution >= 0.6 is 24.0 Å². The van der Waals surface area contributed by atoms with E-state index in [0.717, 1.165) is 44.9 Å². The maximum absolute atomic E-state index is 4.33. The molecule has 0 radical (unpaired) electrons. The zero-order chi connectivity index (χ0) is 18.8. The number of aliphatic imine (C=N–C) groups is 1. The fraction of sp³-hybridized carbons (Fsp3) is 0.550. The van der Waals surface area contributed by atoms with Gasteiger partial charge in [0, 0.05) is 32.1 Å². The number of aromatic nitrogens is 3. The SMILES string of the molecule is CCc1ccc(C(C)(C)CNC(=NC)NCCCCn2cnnc2)cc1.I. The van der Waals surface area contributed by atoms with Crippen molar-refractivity contribution in [1.82, 2.24) is 25.4 Å². The monoisotopic (exact) mass is 484 g/mol. The lowest BCUT2D eigenvalue weighted by atomic mass is 9.84. The van der Waals surface area contributed by atoms with Gasteiger partial charge in [0.2, 0.25) is 0 Å². The van der Waals surface area contributed by atoms with E-state index in [2.05, 4.69) is 70.9 Å². The molecule has 0 aliphatic carbocycles. The second-order valence-electron chi connectivity index (χ2n) is 7.19. The van der Waals surface area contributed by atoms with E-state index in [4.69, 9.17) is 0 Å². The van der Waals surface area contributed by atoms with E-state index in [0.29, 0.717) is 0 Å². The molecule has 7 heteroatoms. The number of hydrogen-bond donors (Lipinski definition) is 2. The third-order valence-electron chi connectivity index (χ3n) is 4.67. The highest BCUT2D eigenvalue weighted by atomic mass is 127. The van der Waals surface area contributed by atoms with Gasteiger partial charge in [-0.05, 0) is 30.4 Å². The van der Waals surface area contributed by atoms with Crippen LogP contribution in [0.4, 0.5) is 0 Å². The third kappa shape index (κ3) is 7.86. The average Bonchev–Trinajstić information content (AvgIpc) is 3.17. The minimum absolute atomic E-state index is 0. The molecule has 0 fully saturated rings. The van der Waals surface area contributed by atoms with Crippen LogP contribution in [0.1, 0.15) is 44.7 Å². The summed E-state index contributed by atoms with van der Waals surface area (Å²) in [4.78, 5) is 4.33. The molecular weight excluding hydrogens is 451 g/mol. The number of unbranched alkanes of at least 4 members (excludes halogenated alkanes) is 1. The van der Waals surface area contributed by atoms with Crippen LogP contribution in [0, 0.1) is 0 Å². The molecule has 0 spiro atoms. The van der Waals surface area contributed by atoms with Crippen LogP contribution in [0.2, 0.25) is 0 Å². The van der Waals surface area contributed by atoms with Gasteiger partial charge in [0.1, 0.15) is 12.7 Å². The minimum atomic E-state index is 0. The summed E-state index contributed by atoms with van der Waals surface area (Å²) in [6.07, 6.45) is 6.73. The molecule has 0 atom stereocenters. The highest BCUT2D eigenvalue weighted by molar-refractivity contribution is 14.0. The summed E-state index contributed by atoms with van der Waals surface area (Å²) in [6, 6.07) is 8.92. The molecule has 2 rings (SSSR count). The van der Waals surface area contributed by atoms with Crippen LogP contribution in [0.5, 0.6) is 0 Å². The molecule has 0 unspecified atom stereocenters. The summed E-state index contributed by atoms with van der Waals surface area (Å²) < 4.78 is 2.00. The van der Waals surface area contributed by atoms with Gasteiger partial charge in [-0.2, -0.15) is 0 Å². The quantitative estimate of drug-likeness (QED) is 0.248. The summed E-state index contributed by atoms with van der Waals surface area (Å²) in [5.41, 5.74) is 2.76. The van der Waals surface area contributed by atoms with Crippen molar-refractivity contribution in [3.8, 4) is 0 Å². The topological polar surface area (TPSA) is 67.1 Å². The Bertz CT molecular complexity index is 664. The van der Waals surface area contributed by atoms with E-state index in [1.807, 2.05) is 11.6 Å². The minimum Gasteiger partial charge on any atom is -0.356 e. The fourth-order valence-corrected chi connectivity index (χ4v) is 2.78. The standard InChI is InChI=1S/C20H32N6.HI/c1-5-17-8-10-18(11-9-17)20(2,3)14-23-19(21-4)22-12-6-7-13-26-15-24-25-16-26;/h8-11,15-16H,5-7,12-14H2,1-4H3,(H2,21,22,23);1H. The fourth-order valence-electron chi connectivity index (χ4n) is 2.78. The average molecular weight is 484 g/mol. The molecule has 0 aliphatic heterocycles. The number of rotatable bonds is 9. The number of nitrogens with zero attached hydrogens (tertiary/aromatic N) is 4. The van der Waals surface area contributed by atoms with E-state index in [-0.39, 0.29) is 29.4 Å². The van der Waals surface area contributed by atoms with Crippen molar-refractivity contribution in [1.29, 1.82) is 0 Å². The molecule has 0 aliphatic rings. The third-order valence-corrected chi connectivity index (χ3v) is 4.67. The van der Waals surface area contributed by atoms with Gasteiger partial charge in [-0.15, -0.1) is 34.2 Å². The van der Waals surface area contributed by atoms with E-state index < -0.39 is 0 Å². The smallest absolute Gasteiger partial charge is 0.191 e. The summed E-state index contributed by atoms with van der Waals surface area (Å²) >= 11 is 0. The first kappa shape index (κ1) is 23.4. The Labute approximate surface area is 180 Å². The van der Waals surface area contributed by atoms with Crippen LogP contribution in [-0.4, -0.2) is 40.9 Å². The van der Waals surface area contributed by atoms with Crippen molar-refractivity contribution in [2.75, 3.05) is 20.1 Å². The Morgan fingerprint density at radius 2 is 1.74 bits per heavy atom. The van der Waals surface area contributed by atoms with E-state index in [9.17, 15) is 0 Å². The predicted molar refractivity (Wildman–Crippen MR) is 123 cm³/mol. The summed E-state index contributed by atoms with van der Waals surface area (Å²) in [6.45, 7) is 9.37. The lowest BCUT2D eigenvalue weighted by molar-refractivity contribution is 0.507. The van der Waals surface area contributed by atoms with Crippen molar-refractivity contribution in [2.45, 2.75) is 52.0 Å². The first-order valence-electron chi connectivity index (χ1n) is 9.41. The van der Waals surface area contributed by atoms with Gasteiger partial charge in [0.25, 0.3) is 0 Å². The molecule has 0 saturated heterocycles. The van der Waals surface area contributed by atoms with Gasteiger partial charge in [0.15, 0.2) is 5.96 Å². The van der Waals surface area contributed by atoms with E-state index in [1.165, 1.54) is 11.1 Å². The molecule has 0 amide bonds. The number of nitrogens with one attached hydrogen (secondary N) is 2. The Morgan fingerprint density at radius 3 is 2.33 bits per heavy atom. The van der Waals surface area contributed by atoms with Crippen molar-refractivity contribution in [2.24, 2.45) is 4.99 Å². The van der Waals surface area contributed by atoms with Crippen LogP contribution in [-0.2, 0) is 18.4 Å². The Balaban J connectivity index is 0.00000364. The molecule has 150 valence electrons. The molecule has 2 N–H and O–H groups in total. The molecule has 1 heterocycles. The molecule has 1 aromatic heterocycles. The lowest BCUT2D eigenvalue weighted by Gasteiger charge is -2.27. The zero-order valence-electron chi connectivity index (χ0n) is 16.9. The second-order valence-corrected chi connectivity index (χ2v) is 7.19. The zero-order valence-corrected chi connectivity index (χ0v) is 19.2. The normalized spacial score (nSPS) is 11.8. The highest BCUT2D eigenvalue weighted by Crippen LogP contribution is 2.22. The Kier molecular flexibility index (Phi) is 10.4. The second kappa shape index (κ2) is 11.9. The van der Waals surface area contributed by atoms with E-state index >= 15 is 0 Å². The summed E-state index contributed by atoms with van der Waals surface area (Å²) in [5, 5.41) is 14.5. The first-order valence-corrected chi connectivity index (χ1v) is 9.41. The van der Waals surface area contributed by atoms with Crippen LogP contribution in [0.25, 0.3) is 0 Å². The first-order chi connectivity index (χ1) is 12.5. The number of aryl methyl sites for hydroxylation is 2. The molecule has 6 nitrogen and oxygen atoms in total. The van der Waals surface area contributed by atoms with Crippen molar-refractivity contribution < 1.29 is 0 Å². The lowest BCUT2D eigenvalue weighted by Crippen LogP contribution is -2.43. The number of benzene rings is 1. The van der Waals surface area contributed by atoms with Gasteiger partial charge in [-0.25, -0.2) is 0 Å². The van der Waals surface area contributed by atoms with Crippen molar-refractivity contribution in [3.05, 3.63) is 48.0 Å². The van der Waals surface area contributed by atoms with Crippen molar-refractivity contribution in [3.63, 3.8) is 0 Å². The molecule has 27 heavy (non-hydrogen) atoms. The molecule has 2 aromatic rings. The maximum Gasteiger partial charge on any atom is 0.191 e. The number of hydrogen-bond acceptors (Lipinski definition) is 3. The van der Waals surface area contributed by atoms with Gasteiger partial charge >= 0.3 is 0 Å². The Hall–Kier alpha value is -1.64. The number of guanidine groups is 1. The summed E-state index contributed by atoms with van der Waals surface area (Å²) in [5.74, 6) is 0.854. The van der Waals surface area contributed by atoms with Gasteiger partial charge in [-0.1, -0.05) is 45.0 Å². The maximum atomic E-state index is 4.33. The van der Waals surface area contributed by atoms with Crippen LogP contribution in [0.3, 0.4) is 0 Å². The van der Waals surface area contributed by atoms with E-state index in [1.54, 1.807) is 12.7 Å². The largest absolute Gasteiger partial charge is 0.356 e. The van der Waals surface area contributed by atoms with Crippen LogP contribution in [0.15, 0.2) is 41.9 Å². The van der Waals surface area contributed by atoms with Gasteiger partial charge < -0.3 is 15.2 Å². The van der Waals surface area contributed by atoms with Gasteiger partial charge in [-0.3, -0.25) is 4.99 Å². The molecule has 0 saturated carbocycles. The predicted octanol–water partition coefficient (Wildman–Crippen LogP) is 3.38. The Morgan fingerprint density at radius 1 is 1.07 bits per heavy atom. The highest BCUT2D eigenvalue weighted by Gasteiger charge is 2.20. The summed E-state index contributed by atoms with van der Waals surface area (Å²) in [7, 11) is 1.82. The number of halogens is 1. The molecular formula is C20H33IN6. The van der Waals surface area contributed by atoms with Crippen molar-refractivity contribution >= 4 is 29.9 Å². The molecule has 0 bridgehead atoms. The van der Waals surface area contributed by atoms with Gasteiger partial charge in [0.05, 0.1) is 0 Å². The molecule has 1 aromatic carbocycles.